The zero-order valence-electron chi connectivity index (χ0n) is 20.7. The van der Waals surface area contributed by atoms with Gasteiger partial charge in [-0.3, -0.25) is 10.6 Å². The molecule has 0 bridgehead atoms. The summed E-state index contributed by atoms with van der Waals surface area (Å²) in [6, 6.07) is 13.6. The van der Waals surface area contributed by atoms with Crippen LogP contribution < -0.4 is 21.3 Å². The Morgan fingerprint density at radius 3 is 1.62 bits per heavy atom. The number of anilines is 6. The molecule has 0 saturated carbocycles. The first-order chi connectivity index (χ1) is 17.9. The standard InChI is InChI=1S/C25H28N6O6/c1-4-35-22(32)20-15-26-23(28-17-9-13-19(14-10-17)30-25(34)37-6-3)31-21(20)27-16-7-11-18(12-8-16)29-24(33)36-5-2/h7-15H,4-6H2,1-3H3,(H,29,33)(H,30,34)(H2,26,27,28,31). The number of carbonyl (C=O) groups excluding carboxylic acids is 3. The number of hydrogen-bond donors (Lipinski definition) is 4. The first kappa shape index (κ1) is 26.7. The van der Waals surface area contributed by atoms with Crippen LogP contribution in [0.15, 0.2) is 54.7 Å². The molecule has 0 unspecified atom stereocenters. The molecule has 0 spiro atoms. The lowest BCUT2D eigenvalue weighted by molar-refractivity contribution is 0.0526. The van der Waals surface area contributed by atoms with Gasteiger partial charge in [0, 0.05) is 28.9 Å². The number of hydrogen-bond acceptors (Lipinski definition) is 10. The van der Waals surface area contributed by atoms with Gasteiger partial charge in [-0.05, 0) is 69.3 Å². The number of nitrogens with one attached hydrogen (secondary N) is 4. The summed E-state index contributed by atoms with van der Waals surface area (Å²) in [5.41, 5.74) is 2.51. The minimum absolute atomic E-state index is 0.148. The Balaban J connectivity index is 1.77. The summed E-state index contributed by atoms with van der Waals surface area (Å²) in [6.07, 6.45) is 0.272. The quantitative estimate of drug-likeness (QED) is 0.210. The zero-order valence-corrected chi connectivity index (χ0v) is 20.7. The third kappa shape index (κ3) is 8.09. The molecule has 0 saturated heterocycles. The predicted molar refractivity (Wildman–Crippen MR) is 139 cm³/mol. The van der Waals surface area contributed by atoms with Crippen LogP contribution in [0.4, 0.5) is 44.1 Å². The highest BCUT2D eigenvalue weighted by molar-refractivity contribution is 5.95. The molecule has 0 atom stereocenters. The number of rotatable bonds is 10. The minimum Gasteiger partial charge on any atom is -0.462 e. The van der Waals surface area contributed by atoms with Gasteiger partial charge in [0.25, 0.3) is 0 Å². The summed E-state index contributed by atoms with van der Waals surface area (Å²) in [7, 11) is 0. The van der Waals surface area contributed by atoms with E-state index in [1.807, 2.05) is 0 Å². The summed E-state index contributed by atoms with van der Waals surface area (Å²) in [5.74, 6) is -0.128. The van der Waals surface area contributed by atoms with Crippen molar-refractivity contribution in [2.24, 2.45) is 0 Å². The lowest BCUT2D eigenvalue weighted by Gasteiger charge is -2.13. The lowest BCUT2D eigenvalue weighted by Crippen LogP contribution is -2.13. The van der Waals surface area contributed by atoms with E-state index in [0.29, 0.717) is 22.7 Å². The van der Waals surface area contributed by atoms with Crippen LogP contribution in [-0.2, 0) is 14.2 Å². The SMILES string of the molecule is CCOC(=O)Nc1ccc(Nc2ncc(C(=O)OCC)c(Nc3ccc(NC(=O)OCC)cc3)n2)cc1. The Hall–Kier alpha value is -4.87. The molecule has 4 N–H and O–H groups in total. The summed E-state index contributed by atoms with van der Waals surface area (Å²) < 4.78 is 14.9. The number of carbonyl (C=O) groups is 3. The Labute approximate surface area is 213 Å². The van der Waals surface area contributed by atoms with Crippen LogP contribution in [0.25, 0.3) is 0 Å². The molecule has 0 radical (unpaired) electrons. The van der Waals surface area contributed by atoms with Gasteiger partial charge in [-0.2, -0.15) is 4.98 Å². The minimum atomic E-state index is -0.577. The number of ether oxygens (including phenoxy) is 3. The smallest absolute Gasteiger partial charge is 0.411 e. The number of aromatic nitrogens is 2. The van der Waals surface area contributed by atoms with E-state index in [4.69, 9.17) is 14.2 Å². The predicted octanol–water partition coefficient (Wildman–Crippen LogP) is 5.28. The van der Waals surface area contributed by atoms with Crippen LogP contribution in [0.5, 0.6) is 0 Å². The van der Waals surface area contributed by atoms with E-state index in [-0.39, 0.29) is 37.2 Å². The normalized spacial score (nSPS) is 10.1. The van der Waals surface area contributed by atoms with E-state index >= 15 is 0 Å². The van der Waals surface area contributed by atoms with Crippen molar-refractivity contribution in [2.45, 2.75) is 20.8 Å². The fourth-order valence-electron chi connectivity index (χ4n) is 3.01. The van der Waals surface area contributed by atoms with Crippen molar-refractivity contribution in [2.75, 3.05) is 41.1 Å². The first-order valence-electron chi connectivity index (χ1n) is 11.6. The highest BCUT2D eigenvalue weighted by Crippen LogP contribution is 2.24. The summed E-state index contributed by atoms with van der Waals surface area (Å²) in [5, 5.41) is 11.4. The molecule has 1 aromatic heterocycles. The molecule has 3 rings (SSSR count). The van der Waals surface area contributed by atoms with E-state index < -0.39 is 18.2 Å². The van der Waals surface area contributed by atoms with Crippen LogP contribution in [0.3, 0.4) is 0 Å². The maximum Gasteiger partial charge on any atom is 0.411 e. The molecule has 12 heteroatoms. The van der Waals surface area contributed by atoms with E-state index in [0.717, 1.165) is 0 Å². The Bertz CT molecular complexity index is 1220. The molecular formula is C25H28N6O6. The van der Waals surface area contributed by atoms with E-state index in [9.17, 15) is 14.4 Å². The van der Waals surface area contributed by atoms with Crippen molar-refractivity contribution in [3.8, 4) is 0 Å². The Morgan fingerprint density at radius 1 is 0.676 bits per heavy atom. The maximum absolute atomic E-state index is 12.5. The summed E-state index contributed by atoms with van der Waals surface area (Å²) in [4.78, 5) is 44.3. The van der Waals surface area contributed by atoms with Crippen molar-refractivity contribution in [3.63, 3.8) is 0 Å². The second-order valence-corrected chi connectivity index (χ2v) is 7.27. The van der Waals surface area contributed by atoms with E-state index in [1.165, 1.54) is 6.20 Å². The summed E-state index contributed by atoms with van der Waals surface area (Å²) in [6.45, 7) is 5.88. The Kier molecular flexibility index (Phi) is 9.59. The van der Waals surface area contributed by atoms with Gasteiger partial charge in [0.1, 0.15) is 5.56 Å². The van der Waals surface area contributed by atoms with Gasteiger partial charge in [0.05, 0.1) is 19.8 Å². The topological polar surface area (TPSA) is 153 Å². The third-order valence-corrected chi connectivity index (χ3v) is 4.62. The van der Waals surface area contributed by atoms with E-state index in [2.05, 4.69) is 31.2 Å². The molecule has 0 fully saturated rings. The van der Waals surface area contributed by atoms with Crippen molar-refractivity contribution in [3.05, 3.63) is 60.3 Å². The van der Waals surface area contributed by atoms with Crippen LogP contribution in [-0.4, -0.2) is 47.9 Å². The molecule has 0 aliphatic carbocycles. The number of amides is 2. The fourth-order valence-corrected chi connectivity index (χ4v) is 3.01. The molecule has 12 nitrogen and oxygen atoms in total. The number of nitrogens with zero attached hydrogens (tertiary/aromatic N) is 2. The van der Waals surface area contributed by atoms with E-state index in [1.54, 1.807) is 69.3 Å². The highest BCUT2D eigenvalue weighted by atomic mass is 16.6. The molecule has 1 heterocycles. The average molecular weight is 509 g/mol. The van der Waals surface area contributed by atoms with Gasteiger partial charge in [-0.1, -0.05) is 0 Å². The summed E-state index contributed by atoms with van der Waals surface area (Å²) >= 11 is 0. The second kappa shape index (κ2) is 13.3. The molecule has 3 aromatic rings. The third-order valence-electron chi connectivity index (χ3n) is 4.62. The van der Waals surface area contributed by atoms with Crippen molar-refractivity contribution >= 4 is 52.7 Å². The van der Waals surface area contributed by atoms with Gasteiger partial charge in [-0.15, -0.1) is 0 Å². The monoisotopic (exact) mass is 508 g/mol. The molecule has 2 aromatic carbocycles. The highest BCUT2D eigenvalue weighted by Gasteiger charge is 2.17. The van der Waals surface area contributed by atoms with Crippen LogP contribution in [0.2, 0.25) is 0 Å². The van der Waals surface area contributed by atoms with Crippen LogP contribution in [0, 0.1) is 0 Å². The molecule has 194 valence electrons. The van der Waals surface area contributed by atoms with Crippen molar-refractivity contribution < 1.29 is 28.6 Å². The van der Waals surface area contributed by atoms with Crippen LogP contribution in [0.1, 0.15) is 31.1 Å². The zero-order chi connectivity index (χ0) is 26.6. The van der Waals surface area contributed by atoms with Gasteiger partial charge < -0.3 is 24.8 Å². The van der Waals surface area contributed by atoms with Gasteiger partial charge in [-0.25, -0.2) is 19.4 Å². The van der Waals surface area contributed by atoms with Crippen molar-refractivity contribution in [1.29, 1.82) is 0 Å². The van der Waals surface area contributed by atoms with Gasteiger partial charge in [0.15, 0.2) is 5.82 Å². The van der Waals surface area contributed by atoms with Gasteiger partial charge in [0.2, 0.25) is 5.95 Å². The van der Waals surface area contributed by atoms with Crippen LogP contribution >= 0.6 is 0 Å². The number of benzene rings is 2. The average Bonchev–Trinajstić information content (AvgIpc) is 2.87. The van der Waals surface area contributed by atoms with Crippen molar-refractivity contribution in [1.82, 2.24) is 9.97 Å². The molecule has 37 heavy (non-hydrogen) atoms. The second-order valence-electron chi connectivity index (χ2n) is 7.27. The fraction of sp³-hybridized carbons (Fsp3) is 0.240. The largest absolute Gasteiger partial charge is 0.462 e. The molecule has 2 amide bonds. The first-order valence-corrected chi connectivity index (χ1v) is 11.6. The lowest BCUT2D eigenvalue weighted by atomic mass is 10.2. The maximum atomic E-state index is 12.5. The number of esters is 1. The molecular weight excluding hydrogens is 480 g/mol. The molecule has 0 aliphatic rings. The molecule has 0 aliphatic heterocycles. The van der Waals surface area contributed by atoms with Gasteiger partial charge >= 0.3 is 18.2 Å². The Morgan fingerprint density at radius 2 is 1.14 bits per heavy atom.